The number of hydrogen-bond acceptors (Lipinski definition) is 6. The number of nitrogens with one attached hydrogen (secondary N) is 1. The summed E-state index contributed by atoms with van der Waals surface area (Å²) < 4.78 is 1.52. The van der Waals surface area contributed by atoms with Gasteiger partial charge in [0.25, 0.3) is 5.56 Å². The fraction of sp³-hybridized carbons (Fsp3) is 0.231. The second-order valence-electron chi connectivity index (χ2n) is 8.01. The molecule has 174 valence electrons. The van der Waals surface area contributed by atoms with E-state index in [4.69, 9.17) is 4.98 Å². The van der Waals surface area contributed by atoms with Gasteiger partial charge in [-0.2, -0.15) is 0 Å². The average molecular weight is 492 g/mol. The Hall–Kier alpha value is -3.23. The van der Waals surface area contributed by atoms with Crippen LogP contribution in [0, 0.1) is 0 Å². The van der Waals surface area contributed by atoms with Crippen LogP contribution in [0.2, 0.25) is 0 Å². The molecule has 0 aliphatic carbocycles. The molecule has 0 radical (unpaired) electrons. The van der Waals surface area contributed by atoms with E-state index in [9.17, 15) is 14.4 Å². The van der Waals surface area contributed by atoms with Gasteiger partial charge in [0.15, 0.2) is 10.9 Å². The van der Waals surface area contributed by atoms with Gasteiger partial charge in [-0.25, -0.2) is 4.98 Å². The molecule has 1 atom stereocenters. The zero-order valence-electron chi connectivity index (χ0n) is 19.2. The zero-order valence-corrected chi connectivity index (χ0v) is 20.8. The van der Waals surface area contributed by atoms with Gasteiger partial charge in [0, 0.05) is 31.0 Å². The summed E-state index contributed by atoms with van der Waals surface area (Å²) in [6.07, 6.45) is 0.705. The molecule has 8 heteroatoms. The van der Waals surface area contributed by atoms with Gasteiger partial charge in [-0.05, 0) is 30.5 Å². The second-order valence-corrected chi connectivity index (χ2v) is 10.3. The molecule has 0 aliphatic heterocycles. The highest BCUT2D eigenvalue weighted by molar-refractivity contribution is 8.00. The molecule has 4 rings (SSSR count). The maximum absolute atomic E-state index is 13.0. The highest BCUT2D eigenvalue weighted by Crippen LogP contribution is 2.32. The topological polar surface area (TPSA) is 81.1 Å². The van der Waals surface area contributed by atoms with Gasteiger partial charge in [0.1, 0.15) is 4.83 Å². The number of amides is 1. The van der Waals surface area contributed by atoms with E-state index in [0.717, 1.165) is 16.0 Å². The number of nitrogens with zero attached hydrogens (tertiary/aromatic N) is 2. The lowest BCUT2D eigenvalue weighted by molar-refractivity contribution is -0.118. The predicted molar refractivity (Wildman–Crippen MR) is 139 cm³/mol. The molecule has 6 nitrogen and oxygen atoms in total. The minimum Gasteiger partial charge on any atom is -0.356 e. The summed E-state index contributed by atoms with van der Waals surface area (Å²) in [4.78, 5) is 43.4. The number of hydrogen-bond donors (Lipinski definition) is 1. The molecule has 0 saturated heterocycles. The SMILES string of the molecule is CC(=O)NCCc1ccc(C(=O)C(C)Sc2nc3sc(-c4ccccc4)cc3c(=O)n2C)cc1. The number of thioether (sulfide) groups is 1. The van der Waals surface area contributed by atoms with E-state index in [-0.39, 0.29) is 17.2 Å². The Morgan fingerprint density at radius 2 is 1.82 bits per heavy atom. The molecule has 0 aliphatic rings. The summed E-state index contributed by atoms with van der Waals surface area (Å²) in [5, 5.41) is 3.47. The molecule has 1 amide bonds. The fourth-order valence-electron chi connectivity index (χ4n) is 3.56. The summed E-state index contributed by atoms with van der Waals surface area (Å²) in [6, 6.07) is 19.2. The summed E-state index contributed by atoms with van der Waals surface area (Å²) in [7, 11) is 1.69. The standard InChI is InChI=1S/C26H25N3O3S2/c1-16(23(31)20-11-9-18(10-12-20)13-14-27-17(2)30)33-26-28-24-21(25(32)29(26)3)15-22(34-24)19-7-5-4-6-8-19/h4-12,15-16H,13-14H2,1-3H3,(H,27,30). The highest BCUT2D eigenvalue weighted by atomic mass is 32.2. The van der Waals surface area contributed by atoms with Crippen molar-refractivity contribution in [2.45, 2.75) is 30.7 Å². The largest absolute Gasteiger partial charge is 0.356 e. The van der Waals surface area contributed by atoms with Gasteiger partial charge in [0.2, 0.25) is 5.91 Å². The van der Waals surface area contributed by atoms with Gasteiger partial charge in [-0.15, -0.1) is 11.3 Å². The third kappa shape index (κ3) is 5.29. The quantitative estimate of drug-likeness (QED) is 0.219. The minimum atomic E-state index is -0.408. The molecule has 1 N–H and O–H groups in total. The number of aromatic nitrogens is 2. The molecule has 1 unspecified atom stereocenters. The van der Waals surface area contributed by atoms with E-state index in [1.165, 1.54) is 34.6 Å². The van der Waals surface area contributed by atoms with E-state index in [2.05, 4.69) is 5.32 Å². The molecule has 0 saturated carbocycles. The van der Waals surface area contributed by atoms with Crippen molar-refractivity contribution in [1.82, 2.24) is 14.9 Å². The van der Waals surface area contributed by atoms with Crippen molar-refractivity contribution in [2.75, 3.05) is 6.54 Å². The van der Waals surface area contributed by atoms with Crippen molar-refractivity contribution in [3.8, 4) is 10.4 Å². The molecule has 4 aromatic rings. The van der Waals surface area contributed by atoms with Crippen molar-refractivity contribution < 1.29 is 9.59 Å². The molecule has 0 bridgehead atoms. The number of rotatable bonds is 8. The van der Waals surface area contributed by atoms with Crippen LogP contribution >= 0.6 is 23.1 Å². The van der Waals surface area contributed by atoms with Gasteiger partial charge >= 0.3 is 0 Å². The molecule has 34 heavy (non-hydrogen) atoms. The summed E-state index contributed by atoms with van der Waals surface area (Å²) in [6.45, 7) is 3.88. The Morgan fingerprint density at radius 3 is 2.50 bits per heavy atom. The van der Waals surface area contributed by atoms with E-state index >= 15 is 0 Å². The second kappa shape index (κ2) is 10.4. The van der Waals surface area contributed by atoms with E-state index < -0.39 is 5.25 Å². The Balaban J connectivity index is 1.51. The maximum atomic E-state index is 13.0. The van der Waals surface area contributed by atoms with Crippen molar-refractivity contribution in [2.24, 2.45) is 7.05 Å². The molecule has 2 aromatic carbocycles. The Kier molecular flexibility index (Phi) is 7.29. The first-order chi connectivity index (χ1) is 16.3. The molecule has 2 heterocycles. The normalized spacial score (nSPS) is 12.0. The van der Waals surface area contributed by atoms with Crippen LogP contribution in [0.5, 0.6) is 0 Å². The lowest BCUT2D eigenvalue weighted by Crippen LogP contribution is -2.22. The van der Waals surface area contributed by atoms with Crippen LogP contribution in [0.25, 0.3) is 20.7 Å². The first-order valence-electron chi connectivity index (χ1n) is 10.9. The summed E-state index contributed by atoms with van der Waals surface area (Å²) in [5.41, 5.74) is 2.59. The third-order valence-corrected chi connectivity index (χ3v) is 7.69. The predicted octanol–water partition coefficient (Wildman–Crippen LogP) is 4.70. The number of carbonyl (C=O) groups excluding carboxylic acids is 2. The zero-order chi connectivity index (χ0) is 24.2. The van der Waals surface area contributed by atoms with Gasteiger partial charge < -0.3 is 5.32 Å². The Labute approximate surface area is 206 Å². The molecular formula is C26H25N3O3S2. The van der Waals surface area contributed by atoms with E-state index in [1.807, 2.05) is 67.6 Å². The number of fused-ring (bicyclic) bond motifs is 1. The van der Waals surface area contributed by atoms with Crippen molar-refractivity contribution in [3.63, 3.8) is 0 Å². The average Bonchev–Trinajstić information content (AvgIpc) is 3.27. The lowest BCUT2D eigenvalue weighted by Gasteiger charge is -2.13. The number of carbonyl (C=O) groups is 2. The van der Waals surface area contributed by atoms with Crippen molar-refractivity contribution in [1.29, 1.82) is 0 Å². The molecule has 0 fully saturated rings. The van der Waals surface area contributed by atoms with Crippen molar-refractivity contribution >= 4 is 45.0 Å². The summed E-state index contributed by atoms with van der Waals surface area (Å²) >= 11 is 2.77. The van der Waals surface area contributed by atoms with Crippen molar-refractivity contribution in [3.05, 3.63) is 82.1 Å². The number of benzene rings is 2. The first kappa shape index (κ1) is 23.9. The smallest absolute Gasteiger partial charge is 0.262 e. The number of Topliss-reactive ketones (excluding diaryl/α,β-unsaturated/α-hetero) is 1. The summed E-state index contributed by atoms with van der Waals surface area (Å²) in [5.74, 6) is -0.0819. The first-order valence-corrected chi connectivity index (χ1v) is 12.6. The van der Waals surface area contributed by atoms with Crippen LogP contribution in [0.1, 0.15) is 29.8 Å². The van der Waals surface area contributed by atoms with Crippen LogP contribution in [-0.4, -0.2) is 33.0 Å². The van der Waals surface area contributed by atoms with Crippen LogP contribution in [0.3, 0.4) is 0 Å². The molecule has 0 spiro atoms. The monoisotopic (exact) mass is 491 g/mol. The Bertz CT molecular complexity index is 1390. The minimum absolute atomic E-state index is 0.0242. The van der Waals surface area contributed by atoms with Crippen LogP contribution in [0.15, 0.2) is 70.6 Å². The van der Waals surface area contributed by atoms with E-state index in [0.29, 0.717) is 33.9 Å². The number of thiophene rings is 1. The molecular weight excluding hydrogens is 466 g/mol. The van der Waals surface area contributed by atoms with Crippen LogP contribution < -0.4 is 10.9 Å². The lowest BCUT2D eigenvalue weighted by atomic mass is 10.0. The van der Waals surface area contributed by atoms with Gasteiger partial charge in [-0.3, -0.25) is 19.0 Å². The third-order valence-electron chi connectivity index (χ3n) is 5.47. The Morgan fingerprint density at radius 1 is 1.12 bits per heavy atom. The maximum Gasteiger partial charge on any atom is 0.262 e. The number of ketones is 1. The highest BCUT2D eigenvalue weighted by Gasteiger charge is 2.20. The molecule has 2 aromatic heterocycles. The van der Waals surface area contributed by atoms with Gasteiger partial charge in [-0.1, -0.05) is 66.4 Å². The van der Waals surface area contributed by atoms with Gasteiger partial charge in [0.05, 0.1) is 10.6 Å². The van der Waals surface area contributed by atoms with E-state index in [1.54, 1.807) is 7.05 Å². The van der Waals surface area contributed by atoms with Crippen LogP contribution in [-0.2, 0) is 18.3 Å². The fourth-order valence-corrected chi connectivity index (χ4v) is 5.59. The van der Waals surface area contributed by atoms with Crippen LogP contribution in [0.4, 0.5) is 0 Å².